The first-order chi connectivity index (χ1) is 9.75. The van der Waals surface area contributed by atoms with Gasteiger partial charge in [0.25, 0.3) is 0 Å². The van der Waals surface area contributed by atoms with Gasteiger partial charge in [-0.05, 0) is 62.5 Å². The molecule has 1 aliphatic carbocycles. The Kier molecular flexibility index (Phi) is 4.41. The van der Waals surface area contributed by atoms with Gasteiger partial charge in [-0.3, -0.25) is 10.1 Å². The minimum Gasteiger partial charge on any atom is -0.341 e. The molecule has 0 saturated carbocycles. The second kappa shape index (κ2) is 6.27. The van der Waals surface area contributed by atoms with Gasteiger partial charge in [-0.2, -0.15) is 0 Å². The second-order valence-electron chi connectivity index (χ2n) is 6.02. The zero-order valence-electron chi connectivity index (χ0n) is 12.2. The van der Waals surface area contributed by atoms with Crippen LogP contribution in [0.4, 0.5) is 0 Å². The number of hydrogen-bond acceptors (Lipinski definition) is 3. The summed E-state index contributed by atoms with van der Waals surface area (Å²) in [6, 6.07) is 2.53. The van der Waals surface area contributed by atoms with Gasteiger partial charge in [-0.15, -0.1) is 11.3 Å². The van der Waals surface area contributed by atoms with Crippen molar-refractivity contribution in [2.45, 2.75) is 57.5 Å². The maximum absolute atomic E-state index is 12.5. The molecule has 0 bridgehead atoms. The van der Waals surface area contributed by atoms with Crippen LogP contribution in [-0.4, -0.2) is 29.9 Å². The number of hydrogen-bond donors (Lipinski definition) is 1. The highest BCUT2D eigenvalue weighted by molar-refractivity contribution is 7.10. The monoisotopic (exact) mass is 292 g/mol. The molecule has 1 saturated heterocycles. The Hall–Kier alpha value is -0.870. The van der Waals surface area contributed by atoms with Crippen LogP contribution >= 0.6 is 11.3 Å². The SMILES string of the molecule is CC(NC1CCCc2sccc21)C(=O)N1CCCCC1. The van der Waals surface area contributed by atoms with Gasteiger partial charge in [-0.25, -0.2) is 0 Å². The number of piperidine rings is 1. The number of fused-ring (bicyclic) bond motifs is 1. The van der Waals surface area contributed by atoms with Crippen molar-refractivity contribution in [3.05, 3.63) is 21.9 Å². The summed E-state index contributed by atoms with van der Waals surface area (Å²) >= 11 is 1.86. The maximum atomic E-state index is 12.5. The van der Waals surface area contributed by atoms with Crippen LogP contribution in [-0.2, 0) is 11.2 Å². The van der Waals surface area contributed by atoms with Gasteiger partial charge in [0, 0.05) is 24.0 Å². The van der Waals surface area contributed by atoms with E-state index >= 15 is 0 Å². The zero-order valence-corrected chi connectivity index (χ0v) is 13.0. The van der Waals surface area contributed by atoms with Crippen LogP contribution in [0.5, 0.6) is 0 Å². The van der Waals surface area contributed by atoms with E-state index in [2.05, 4.69) is 16.8 Å². The summed E-state index contributed by atoms with van der Waals surface area (Å²) in [4.78, 5) is 16.0. The van der Waals surface area contributed by atoms with E-state index in [-0.39, 0.29) is 11.9 Å². The van der Waals surface area contributed by atoms with Crippen molar-refractivity contribution in [1.82, 2.24) is 10.2 Å². The molecule has 1 fully saturated rings. The molecular weight excluding hydrogens is 268 g/mol. The number of aryl methyl sites for hydroxylation is 1. The van der Waals surface area contributed by atoms with Crippen molar-refractivity contribution < 1.29 is 4.79 Å². The summed E-state index contributed by atoms with van der Waals surface area (Å²) in [5, 5.41) is 5.76. The minimum absolute atomic E-state index is 0.0658. The van der Waals surface area contributed by atoms with E-state index < -0.39 is 0 Å². The van der Waals surface area contributed by atoms with Crippen LogP contribution in [0.25, 0.3) is 0 Å². The number of nitrogens with one attached hydrogen (secondary N) is 1. The third-order valence-electron chi connectivity index (χ3n) is 4.54. The largest absolute Gasteiger partial charge is 0.341 e. The first-order valence-corrected chi connectivity index (χ1v) is 8.75. The third kappa shape index (κ3) is 2.91. The number of rotatable bonds is 3. The van der Waals surface area contributed by atoms with Crippen LogP contribution in [0, 0.1) is 0 Å². The van der Waals surface area contributed by atoms with Crippen molar-refractivity contribution in [3.63, 3.8) is 0 Å². The first kappa shape index (κ1) is 14.1. The van der Waals surface area contributed by atoms with E-state index in [9.17, 15) is 4.79 Å². The number of carbonyl (C=O) groups is 1. The summed E-state index contributed by atoms with van der Waals surface area (Å²) in [7, 11) is 0. The third-order valence-corrected chi connectivity index (χ3v) is 5.54. The van der Waals surface area contributed by atoms with Crippen molar-refractivity contribution in [2.24, 2.45) is 0 Å². The lowest BCUT2D eigenvalue weighted by Crippen LogP contribution is -2.48. The van der Waals surface area contributed by atoms with Gasteiger partial charge in [0.2, 0.25) is 5.91 Å². The maximum Gasteiger partial charge on any atom is 0.239 e. The lowest BCUT2D eigenvalue weighted by molar-refractivity contribution is -0.134. The van der Waals surface area contributed by atoms with Gasteiger partial charge in [0.1, 0.15) is 0 Å². The second-order valence-corrected chi connectivity index (χ2v) is 7.02. The quantitative estimate of drug-likeness (QED) is 0.928. The fraction of sp³-hybridized carbons (Fsp3) is 0.688. The summed E-state index contributed by atoms with van der Waals surface area (Å²) in [6.45, 7) is 3.91. The summed E-state index contributed by atoms with van der Waals surface area (Å²) in [6.07, 6.45) is 7.19. The molecule has 0 aromatic carbocycles. The Morgan fingerprint density at radius 1 is 1.35 bits per heavy atom. The van der Waals surface area contributed by atoms with Crippen LogP contribution < -0.4 is 5.32 Å². The van der Waals surface area contributed by atoms with Crippen LogP contribution in [0.1, 0.15) is 55.5 Å². The van der Waals surface area contributed by atoms with Crippen molar-refractivity contribution >= 4 is 17.2 Å². The molecule has 0 radical (unpaired) electrons. The topological polar surface area (TPSA) is 32.3 Å². The molecule has 0 spiro atoms. The minimum atomic E-state index is -0.0658. The normalized spacial score (nSPS) is 24.2. The summed E-state index contributed by atoms with van der Waals surface area (Å²) in [5.41, 5.74) is 1.43. The van der Waals surface area contributed by atoms with Crippen LogP contribution in [0.3, 0.4) is 0 Å². The van der Waals surface area contributed by atoms with E-state index in [1.807, 2.05) is 23.2 Å². The zero-order chi connectivity index (χ0) is 13.9. The van der Waals surface area contributed by atoms with Crippen molar-refractivity contribution in [3.8, 4) is 0 Å². The number of carbonyl (C=O) groups excluding carboxylic acids is 1. The fourth-order valence-corrected chi connectivity index (χ4v) is 4.41. The molecule has 4 heteroatoms. The van der Waals surface area contributed by atoms with Crippen molar-refractivity contribution in [2.75, 3.05) is 13.1 Å². The first-order valence-electron chi connectivity index (χ1n) is 7.87. The Morgan fingerprint density at radius 3 is 2.95 bits per heavy atom. The highest BCUT2D eigenvalue weighted by Crippen LogP contribution is 2.33. The molecular formula is C16H24N2OS. The van der Waals surface area contributed by atoms with Gasteiger partial charge in [0.15, 0.2) is 0 Å². The highest BCUT2D eigenvalue weighted by Gasteiger charge is 2.27. The Labute approximate surface area is 125 Å². The Bertz CT molecular complexity index is 465. The van der Waals surface area contributed by atoms with Crippen LogP contribution in [0.15, 0.2) is 11.4 Å². The molecule has 1 N–H and O–H groups in total. The van der Waals surface area contributed by atoms with Gasteiger partial charge >= 0.3 is 0 Å². The van der Waals surface area contributed by atoms with E-state index in [0.717, 1.165) is 32.4 Å². The smallest absolute Gasteiger partial charge is 0.239 e. The van der Waals surface area contributed by atoms with E-state index in [0.29, 0.717) is 6.04 Å². The Morgan fingerprint density at radius 2 is 2.15 bits per heavy atom. The molecule has 3 nitrogen and oxygen atoms in total. The number of likely N-dealkylation sites (tertiary alicyclic amines) is 1. The van der Waals surface area contributed by atoms with E-state index in [1.165, 1.54) is 29.7 Å². The average Bonchev–Trinajstić information content (AvgIpc) is 2.97. The lowest BCUT2D eigenvalue weighted by atomic mass is 9.93. The van der Waals surface area contributed by atoms with Gasteiger partial charge in [0.05, 0.1) is 6.04 Å². The molecule has 3 rings (SSSR count). The van der Waals surface area contributed by atoms with Crippen molar-refractivity contribution in [1.29, 1.82) is 0 Å². The molecule has 110 valence electrons. The molecule has 1 aromatic heterocycles. The summed E-state index contributed by atoms with van der Waals surface area (Å²) < 4.78 is 0. The van der Waals surface area contributed by atoms with Gasteiger partial charge in [-0.1, -0.05) is 0 Å². The molecule has 2 unspecified atom stereocenters. The molecule has 20 heavy (non-hydrogen) atoms. The van der Waals surface area contributed by atoms with Gasteiger partial charge < -0.3 is 4.90 Å². The van der Waals surface area contributed by atoms with E-state index in [4.69, 9.17) is 0 Å². The molecule has 2 atom stereocenters. The number of nitrogens with zero attached hydrogens (tertiary/aromatic N) is 1. The standard InChI is InChI=1S/C16H24N2OS/c1-12(16(19)18-9-3-2-4-10-18)17-14-6-5-7-15-13(14)8-11-20-15/h8,11-12,14,17H,2-7,9-10H2,1H3. The molecule has 1 aliphatic heterocycles. The predicted molar refractivity (Wildman–Crippen MR) is 83.0 cm³/mol. The Balaban J connectivity index is 1.62. The number of thiophene rings is 1. The number of amides is 1. The molecule has 1 aromatic rings. The fourth-order valence-electron chi connectivity index (χ4n) is 3.42. The average molecular weight is 292 g/mol. The van der Waals surface area contributed by atoms with E-state index in [1.54, 1.807) is 0 Å². The molecule has 1 amide bonds. The lowest BCUT2D eigenvalue weighted by Gasteiger charge is -2.32. The molecule has 2 aliphatic rings. The molecule has 2 heterocycles. The van der Waals surface area contributed by atoms with Crippen LogP contribution in [0.2, 0.25) is 0 Å². The predicted octanol–water partition coefficient (Wildman–Crippen LogP) is 3.12. The summed E-state index contributed by atoms with van der Waals surface area (Å²) in [5.74, 6) is 0.284. The highest BCUT2D eigenvalue weighted by atomic mass is 32.1.